The normalized spacial score (nSPS) is 20.2. The van der Waals surface area contributed by atoms with E-state index >= 15 is 0 Å². The lowest BCUT2D eigenvalue weighted by atomic mass is 10.1. The molecule has 2 rings (SSSR count). The number of ether oxygens (including phenoxy) is 1. The van der Waals surface area contributed by atoms with E-state index < -0.39 is 4.92 Å². The van der Waals surface area contributed by atoms with Crippen LogP contribution >= 0.6 is 0 Å². The van der Waals surface area contributed by atoms with E-state index in [4.69, 9.17) is 4.74 Å². The van der Waals surface area contributed by atoms with Crippen molar-refractivity contribution in [3.8, 4) is 5.75 Å². The molecule has 6 heteroatoms. The van der Waals surface area contributed by atoms with Crippen molar-refractivity contribution in [1.82, 2.24) is 4.90 Å². The van der Waals surface area contributed by atoms with Gasteiger partial charge in [-0.15, -0.1) is 0 Å². The Morgan fingerprint density at radius 1 is 1.58 bits per heavy atom. The smallest absolute Gasteiger partial charge is 0.311 e. The molecule has 0 unspecified atom stereocenters. The summed E-state index contributed by atoms with van der Waals surface area (Å²) in [7, 11) is 1.42. The molecule has 1 N–H and O–H groups in total. The van der Waals surface area contributed by atoms with Crippen LogP contribution in [0.25, 0.3) is 0 Å². The van der Waals surface area contributed by atoms with Crippen molar-refractivity contribution in [2.45, 2.75) is 25.5 Å². The van der Waals surface area contributed by atoms with Crippen LogP contribution < -0.4 is 4.74 Å². The van der Waals surface area contributed by atoms with Gasteiger partial charge in [-0.25, -0.2) is 0 Å². The summed E-state index contributed by atoms with van der Waals surface area (Å²) in [6.07, 6.45) is 1.50. The topological polar surface area (TPSA) is 75.8 Å². The summed E-state index contributed by atoms with van der Waals surface area (Å²) in [4.78, 5) is 12.6. The fourth-order valence-electron chi connectivity index (χ4n) is 2.41. The Bertz CT molecular complexity index is 464. The van der Waals surface area contributed by atoms with Crippen LogP contribution in [0.1, 0.15) is 18.4 Å². The fraction of sp³-hybridized carbons (Fsp3) is 0.538. The minimum absolute atomic E-state index is 0.0162. The maximum Gasteiger partial charge on any atom is 0.311 e. The third-order valence-electron chi connectivity index (χ3n) is 3.33. The summed E-state index contributed by atoms with van der Waals surface area (Å²) in [5.74, 6) is 0.271. The van der Waals surface area contributed by atoms with Gasteiger partial charge in [0, 0.05) is 19.2 Å². The first kappa shape index (κ1) is 13.8. The molecular formula is C13H18N2O4. The van der Waals surface area contributed by atoms with Crippen molar-refractivity contribution in [2.24, 2.45) is 0 Å². The van der Waals surface area contributed by atoms with Crippen molar-refractivity contribution >= 4 is 5.69 Å². The molecule has 104 valence electrons. The second kappa shape index (κ2) is 5.99. The molecule has 19 heavy (non-hydrogen) atoms. The fourth-order valence-corrected chi connectivity index (χ4v) is 2.41. The Labute approximate surface area is 111 Å². The van der Waals surface area contributed by atoms with E-state index in [9.17, 15) is 15.2 Å². The first-order valence-corrected chi connectivity index (χ1v) is 6.32. The second-order valence-electron chi connectivity index (χ2n) is 4.79. The summed E-state index contributed by atoms with van der Waals surface area (Å²) in [6.45, 7) is 2.15. The lowest BCUT2D eigenvalue weighted by Gasteiger charge is -2.29. The minimum atomic E-state index is -0.437. The predicted octanol–water partition coefficient (Wildman–Crippen LogP) is 1.56. The summed E-state index contributed by atoms with van der Waals surface area (Å²) in [5, 5.41) is 20.6. The lowest BCUT2D eigenvalue weighted by molar-refractivity contribution is -0.385. The van der Waals surface area contributed by atoms with Gasteiger partial charge in [-0.3, -0.25) is 15.0 Å². The third-order valence-corrected chi connectivity index (χ3v) is 3.33. The monoisotopic (exact) mass is 266 g/mol. The summed E-state index contributed by atoms with van der Waals surface area (Å²) in [6, 6.07) is 4.99. The van der Waals surface area contributed by atoms with Crippen LogP contribution in [-0.2, 0) is 6.54 Å². The molecule has 0 spiro atoms. The molecule has 1 saturated heterocycles. The Morgan fingerprint density at radius 2 is 2.37 bits per heavy atom. The molecule has 1 aromatic rings. The first-order valence-electron chi connectivity index (χ1n) is 6.32. The number of piperidine rings is 1. The number of nitro benzene ring substituents is 1. The highest BCUT2D eigenvalue weighted by atomic mass is 16.6. The Hall–Kier alpha value is -1.66. The molecule has 1 aliphatic rings. The molecule has 1 aromatic carbocycles. The number of nitrogens with zero attached hydrogens (tertiary/aromatic N) is 2. The number of benzene rings is 1. The van der Waals surface area contributed by atoms with E-state index in [1.165, 1.54) is 7.11 Å². The van der Waals surface area contributed by atoms with Gasteiger partial charge in [0.25, 0.3) is 0 Å². The highest BCUT2D eigenvalue weighted by Gasteiger charge is 2.20. The third kappa shape index (κ3) is 3.42. The van der Waals surface area contributed by atoms with Crippen molar-refractivity contribution in [3.05, 3.63) is 33.9 Å². The maximum atomic E-state index is 10.9. The molecule has 1 fully saturated rings. The van der Waals surface area contributed by atoms with Gasteiger partial charge in [-0.2, -0.15) is 0 Å². The van der Waals surface area contributed by atoms with E-state index in [0.717, 1.165) is 24.9 Å². The van der Waals surface area contributed by atoms with Crippen molar-refractivity contribution in [2.75, 3.05) is 20.2 Å². The van der Waals surface area contributed by atoms with Crippen LogP contribution in [0.5, 0.6) is 5.75 Å². The number of hydrogen-bond acceptors (Lipinski definition) is 5. The molecular weight excluding hydrogens is 248 g/mol. The highest BCUT2D eigenvalue weighted by Crippen LogP contribution is 2.28. The molecule has 0 radical (unpaired) electrons. The van der Waals surface area contributed by atoms with Crippen LogP contribution in [0.3, 0.4) is 0 Å². The molecule has 0 saturated carbocycles. The number of aliphatic hydroxyl groups is 1. The minimum Gasteiger partial charge on any atom is -0.490 e. The standard InChI is InChI=1S/C13H18N2O4/c1-19-13-5-4-10(7-12(13)15(17)18)8-14-6-2-3-11(16)9-14/h4-5,7,11,16H,2-3,6,8-9H2,1H3/t11-/m0/s1. The Balaban J connectivity index is 2.12. The molecule has 1 aliphatic heterocycles. The van der Waals surface area contributed by atoms with Gasteiger partial charge in [0.1, 0.15) is 0 Å². The first-order chi connectivity index (χ1) is 9.10. The average molecular weight is 266 g/mol. The van der Waals surface area contributed by atoms with E-state index in [2.05, 4.69) is 4.90 Å². The number of aliphatic hydroxyl groups excluding tert-OH is 1. The SMILES string of the molecule is COc1ccc(CN2CCC[C@H](O)C2)cc1[N+](=O)[O-]. The summed E-state index contributed by atoms with van der Waals surface area (Å²) < 4.78 is 4.97. The number of rotatable bonds is 4. The van der Waals surface area contributed by atoms with Crippen LogP contribution in [0, 0.1) is 10.1 Å². The predicted molar refractivity (Wildman–Crippen MR) is 70.2 cm³/mol. The quantitative estimate of drug-likeness (QED) is 0.661. The number of β-amino-alcohol motifs (C(OH)–C–C–N with tert-alkyl or cyclic N) is 1. The Kier molecular flexibility index (Phi) is 4.34. The Morgan fingerprint density at radius 3 is 3.00 bits per heavy atom. The van der Waals surface area contributed by atoms with Crippen LogP contribution in [0.4, 0.5) is 5.69 Å². The van der Waals surface area contributed by atoms with Crippen molar-refractivity contribution in [1.29, 1.82) is 0 Å². The van der Waals surface area contributed by atoms with E-state index in [1.807, 2.05) is 6.07 Å². The molecule has 6 nitrogen and oxygen atoms in total. The molecule has 0 bridgehead atoms. The summed E-state index contributed by atoms with van der Waals surface area (Å²) in [5.41, 5.74) is 0.846. The van der Waals surface area contributed by atoms with Crippen LogP contribution in [0.2, 0.25) is 0 Å². The molecule has 1 heterocycles. The largest absolute Gasteiger partial charge is 0.490 e. The van der Waals surface area contributed by atoms with Gasteiger partial charge in [0.2, 0.25) is 0 Å². The van der Waals surface area contributed by atoms with Gasteiger partial charge in [-0.05, 0) is 31.0 Å². The number of likely N-dealkylation sites (tertiary alicyclic amines) is 1. The molecule has 1 atom stereocenters. The number of nitro groups is 1. The van der Waals surface area contributed by atoms with E-state index in [-0.39, 0.29) is 17.5 Å². The molecule has 0 amide bonds. The number of hydrogen-bond donors (Lipinski definition) is 1. The van der Waals surface area contributed by atoms with Crippen molar-refractivity contribution < 1.29 is 14.8 Å². The lowest BCUT2D eigenvalue weighted by Crippen LogP contribution is -2.37. The van der Waals surface area contributed by atoms with Crippen molar-refractivity contribution in [3.63, 3.8) is 0 Å². The van der Waals surface area contributed by atoms with Gasteiger partial charge < -0.3 is 9.84 Å². The van der Waals surface area contributed by atoms with E-state index in [1.54, 1.807) is 12.1 Å². The van der Waals surface area contributed by atoms with Gasteiger partial charge >= 0.3 is 5.69 Å². The average Bonchev–Trinajstić information content (AvgIpc) is 2.38. The zero-order valence-electron chi connectivity index (χ0n) is 10.9. The molecule has 0 aromatic heterocycles. The second-order valence-corrected chi connectivity index (χ2v) is 4.79. The van der Waals surface area contributed by atoms with Gasteiger partial charge in [-0.1, -0.05) is 6.07 Å². The van der Waals surface area contributed by atoms with Gasteiger partial charge in [0.05, 0.1) is 18.1 Å². The van der Waals surface area contributed by atoms with Gasteiger partial charge in [0.15, 0.2) is 5.75 Å². The summed E-state index contributed by atoms with van der Waals surface area (Å²) >= 11 is 0. The zero-order chi connectivity index (χ0) is 13.8. The van der Waals surface area contributed by atoms with Crippen LogP contribution in [-0.4, -0.2) is 41.2 Å². The van der Waals surface area contributed by atoms with E-state index in [0.29, 0.717) is 13.1 Å². The molecule has 0 aliphatic carbocycles. The maximum absolute atomic E-state index is 10.9. The number of methoxy groups -OCH3 is 1. The zero-order valence-corrected chi connectivity index (χ0v) is 10.9. The highest BCUT2D eigenvalue weighted by molar-refractivity contribution is 5.48. The van der Waals surface area contributed by atoms with Crippen LogP contribution in [0.15, 0.2) is 18.2 Å².